The Hall–Kier alpha value is -1.34. The molecule has 1 N–H and O–H groups in total. The maximum absolute atomic E-state index is 12.4. The summed E-state index contributed by atoms with van der Waals surface area (Å²) in [7, 11) is 0. The normalized spacial score (nSPS) is 20.2. The summed E-state index contributed by atoms with van der Waals surface area (Å²) in [5, 5.41) is 6.38. The van der Waals surface area contributed by atoms with Crippen LogP contribution in [0.1, 0.15) is 6.42 Å². The molecule has 1 saturated heterocycles. The highest BCUT2D eigenvalue weighted by molar-refractivity contribution is 7.17. The minimum Gasteiger partial charge on any atom is -0.369 e. The molecule has 0 radical (unpaired) electrons. The lowest BCUT2D eigenvalue weighted by Crippen LogP contribution is -2.33. The zero-order chi connectivity index (χ0) is 14.9. The highest BCUT2D eigenvalue weighted by Crippen LogP contribution is 2.27. The molecule has 0 aromatic carbocycles. The first-order chi connectivity index (χ1) is 10.0. The van der Waals surface area contributed by atoms with Crippen LogP contribution in [0.25, 0.3) is 10.1 Å². The second-order valence-electron chi connectivity index (χ2n) is 5.38. The van der Waals surface area contributed by atoms with Gasteiger partial charge in [-0.3, -0.25) is 4.90 Å². The molecule has 1 aliphatic heterocycles. The first-order valence-corrected chi connectivity index (χ1v) is 7.74. The number of nitrogens with zero attached hydrogens (tertiary/aromatic N) is 2. The number of thiophene rings is 1. The summed E-state index contributed by atoms with van der Waals surface area (Å²) >= 11 is 1.65. The number of hydrogen-bond donors (Lipinski definition) is 1. The molecule has 114 valence electrons. The van der Waals surface area contributed by atoms with Crippen molar-refractivity contribution >= 4 is 27.2 Å². The predicted octanol–water partition coefficient (Wildman–Crippen LogP) is 3.59. The smallest absolute Gasteiger partial charge is 0.369 e. The first-order valence-electron chi connectivity index (χ1n) is 6.86. The topological polar surface area (TPSA) is 28.2 Å². The van der Waals surface area contributed by atoms with Crippen molar-refractivity contribution < 1.29 is 13.2 Å². The van der Waals surface area contributed by atoms with Gasteiger partial charge < -0.3 is 5.32 Å². The van der Waals surface area contributed by atoms with E-state index in [4.69, 9.17) is 0 Å². The van der Waals surface area contributed by atoms with Crippen LogP contribution in [0.5, 0.6) is 0 Å². The van der Waals surface area contributed by atoms with Crippen molar-refractivity contribution in [3.8, 4) is 0 Å². The molecule has 1 unspecified atom stereocenters. The molecule has 3 heterocycles. The van der Waals surface area contributed by atoms with Crippen molar-refractivity contribution in [2.24, 2.45) is 5.92 Å². The summed E-state index contributed by atoms with van der Waals surface area (Å²) < 4.78 is 38.2. The number of hydrogen-bond acceptors (Lipinski definition) is 4. The minimum atomic E-state index is -4.11. The standard InChI is InChI=1S/C14H16F3N3S/c15-14(16,17)9-20-5-2-10(8-20)7-19-13-11-3-6-21-12(11)1-4-18-13/h1,3-4,6,10H,2,5,7-9H2,(H,18,19). The minimum absolute atomic E-state index is 0.239. The number of likely N-dealkylation sites (tertiary alicyclic amines) is 1. The second-order valence-corrected chi connectivity index (χ2v) is 6.33. The van der Waals surface area contributed by atoms with E-state index in [1.165, 1.54) is 4.90 Å². The quantitative estimate of drug-likeness (QED) is 0.934. The third-order valence-corrected chi connectivity index (χ3v) is 4.59. The predicted molar refractivity (Wildman–Crippen MR) is 78.7 cm³/mol. The maximum Gasteiger partial charge on any atom is 0.401 e. The van der Waals surface area contributed by atoms with E-state index in [0.717, 1.165) is 22.3 Å². The Labute approximate surface area is 124 Å². The van der Waals surface area contributed by atoms with E-state index in [1.807, 2.05) is 17.5 Å². The first kappa shape index (κ1) is 14.6. The van der Waals surface area contributed by atoms with Gasteiger partial charge >= 0.3 is 6.18 Å². The summed E-state index contributed by atoms with van der Waals surface area (Å²) in [4.78, 5) is 5.80. The number of halogens is 3. The summed E-state index contributed by atoms with van der Waals surface area (Å²) in [6, 6.07) is 3.98. The third-order valence-electron chi connectivity index (χ3n) is 3.71. The summed E-state index contributed by atoms with van der Waals surface area (Å²) in [6.07, 6.45) is -1.55. The number of nitrogens with one attached hydrogen (secondary N) is 1. The average molecular weight is 315 g/mol. The molecule has 1 atom stereocenters. The number of pyridine rings is 1. The molecule has 21 heavy (non-hydrogen) atoms. The maximum atomic E-state index is 12.4. The van der Waals surface area contributed by atoms with Crippen LogP contribution in [0.15, 0.2) is 23.7 Å². The van der Waals surface area contributed by atoms with Gasteiger partial charge in [0.1, 0.15) is 5.82 Å². The zero-order valence-electron chi connectivity index (χ0n) is 11.4. The van der Waals surface area contributed by atoms with E-state index in [-0.39, 0.29) is 5.92 Å². The van der Waals surface area contributed by atoms with Crippen LogP contribution in [-0.4, -0.2) is 42.2 Å². The fourth-order valence-corrected chi connectivity index (χ4v) is 3.54. The number of fused-ring (bicyclic) bond motifs is 1. The van der Waals surface area contributed by atoms with Crippen LogP contribution in [0.3, 0.4) is 0 Å². The molecular formula is C14H16F3N3S. The Morgan fingerprint density at radius 1 is 1.38 bits per heavy atom. The van der Waals surface area contributed by atoms with E-state index in [2.05, 4.69) is 10.3 Å². The van der Waals surface area contributed by atoms with Gasteiger partial charge in [-0.15, -0.1) is 11.3 Å². The molecule has 3 nitrogen and oxygen atoms in total. The number of alkyl halides is 3. The Balaban J connectivity index is 1.56. The van der Waals surface area contributed by atoms with Crippen LogP contribution in [0, 0.1) is 5.92 Å². The van der Waals surface area contributed by atoms with Gasteiger partial charge in [0.2, 0.25) is 0 Å². The molecule has 3 rings (SSSR count). The van der Waals surface area contributed by atoms with Crippen LogP contribution in [-0.2, 0) is 0 Å². The fraction of sp³-hybridized carbons (Fsp3) is 0.500. The molecule has 0 amide bonds. The lowest BCUT2D eigenvalue weighted by molar-refractivity contribution is -0.143. The highest BCUT2D eigenvalue weighted by Gasteiger charge is 2.34. The summed E-state index contributed by atoms with van der Waals surface area (Å²) in [6.45, 7) is 0.867. The van der Waals surface area contributed by atoms with Crippen molar-refractivity contribution in [1.29, 1.82) is 0 Å². The molecule has 2 aromatic rings. The molecule has 1 aliphatic rings. The van der Waals surface area contributed by atoms with E-state index >= 15 is 0 Å². The fourth-order valence-electron chi connectivity index (χ4n) is 2.75. The van der Waals surface area contributed by atoms with E-state index in [0.29, 0.717) is 19.6 Å². The van der Waals surface area contributed by atoms with Gasteiger partial charge in [0.25, 0.3) is 0 Å². The average Bonchev–Trinajstić information content (AvgIpc) is 3.03. The molecule has 0 aliphatic carbocycles. The Kier molecular flexibility index (Phi) is 4.03. The molecular weight excluding hydrogens is 299 g/mol. The zero-order valence-corrected chi connectivity index (χ0v) is 12.2. The molecule has 0 spiro atoms. The van der Waals surface area contributed by atoms with Crippen molar-refractivity contribution in [3.05, 3.63) is 23.7 Å². The lowest BCUT2D eigenvalue weighted by atomic mass is 10.1. The number of aromatic nitrogens is 1. The van der Waals surface area contributed by atoms with Crippen LogP contribution in [0.2, 0.25) is 0 Å². The van der Waals surface area contributed by atoms with Gasteiger partial charge in [0, 0.05) is 29.4 Å². The molecule has 2 aromatic heterocycles. The highest BCUT2D eigenvalue weighted by atomic mass is 32.1. The van der Waals surface area contributed by atoms with Gasteiger partial charge in [-0.2, -0.15) is 13.2 Å². The number of rotatable bonds is 4. The Morgan fingerprint density at radius 2 is 2.24 bits per heavy atom. The Bertz CT molecular complexity index is 611. The van der Waals surface area contributed by atoms with E-state index in [9.17, 15) is 13.2 Å². The molecule has 0 saturated carbocycles. The van der Waals surface area contributed by atoms with Crippen LogP contribution < -0.4 is 5.32 Å². The van der Waals surface area contributed by atoms with Crippen molar-refractivity contribution in [3.63, 3.8) is 0 Å². The van der Waals surface area contributed by atoms with Crippen LogP contribution in [0.4, 0.5) is 19.0 Å². The van der Waals surface area contributed by atoms with Crippen molar-refractivity contribution in [2.75, 3.05) is 31.5 Å². The molecule has 7 heteroatoms. The molecule has 1 fully saturated rings. The van der Waals surface area contributed by atoms with E-state index < -0.39 is 12.7 Å². The van der Waals surface area contributed by atoms with Gasteiger partial charge in [-0.1, -0.05) is 0 Å². The van der Waals surface area contributed by atoms with Crippen molar-refractivity contribution in [1.82, 2.24) is 9.88 Å². The second kappa shape index (κ2) is 5.81. The third kappa shape index (κ3) is 3.65. The van der Waals surface area contributed by atoms with Gasteiger partial charge in [0.15, 0.2) is 0 Å². The van der Waals surface area contributed by atoms with E-state index in [1.54, 1.807) is 17.5 Å². The summed E-state index contributed by atoms with van der Waals surface area (Å²) in [5.41, 5.74) is 0. The summed E-state index contributed by atoms with van der Waals surface area (Å²) in [5.74, 6) is 1.06. The van der Waals surface area contributed by atoms with Crippen molar-refractivity contribution in [2.45, 2.75) is 12.6 Å². The largest absolute Gasteiger partial charge is 0.401 e. The lowest BCUT2D eigenvalue weighted by Gasteiger charge is -2.18. The SMILES string of the molecule is FC(F)(F)CN1CCC(CNc2nccc3sccc23)C1. The van der Waals surface area contributed by atoms with Gasteiger partial charge in [-0.05, 0) is 36.4 Å². The molecule has 0 bridgehead atoms. The van der Waals surface area contributed by atoms with Gasteiger partial charge in [0.05, 0.1) is 6.54 Å². The Morgan fingerprint density at radius 3 is 3.05 bits per heavy atom. The number of anilines is 1. The van der Waals surface area contributed by atoms with Crippen LogP contribution >= 0.6 is 11.3 Å². The monoisotopic (exact) mass is 315 g/mol. The van der Waals surface area contributed by atoms with Gasteiger partial charge in [-0.25, -0.2) is 4.98 Å².